The number of amides is 2. The van der Waals surface area contributed by atoms with Crippen molar-refractivity contribution in [3.05, 3.63) is 24.2 Å². The first kappa shape index (κ1) is 15.4. The zero-order valence-electron chi connectivity index (χ0n) is 12.3. The van der Waals surface area contributed by atoms with Crippen LogP contribution in [0.2, 0.25) is 0 Å². The number of quaternary nitrogens is 1. The van der Waals surface area contributed by atoms with Crippen LogP contribution in [0, 0.1) is 0 Å². The first-order chi connectivity index (χ1) is 10.2. The van der Waals surface area contributed by atoms with Crippen LogP contribution in [-0.4, -0.2) is 56.2 Å². The fourth-order valence-electron chi connectivity index (χ4n) is 2.29. The third-order valence-electron chi connectivity index (χ3n) is 3.45. The zero-order valence-corrected chi connectivity index (χ0v) is 12.3. The van der Waals surface area contributed by atoms with Crippen molar-refractivity contribution < 1.29 is 23.6 Å². The predicted octanol–water partition coefficient (Wildman–Crippen LogP) is -0.747. The standard InChI is InChI=1S/C14H21N3O4/c1-2-20-14(19)17-7-5-16(6-8-17)11-13(18)15-10-12-4-3-9-21-12/h3-4,9H,2,5-8,10-11H2,1H3,(H,15,18)/p+1. The lowest BCUT2D eigenvalue weighted by molar-refractivity contribution is -0.896. The van der Waals surface area contributed by atoms with Gasteiger partial charge < -0.3 is 19.4 Å². The van der Waals surface area contributed by atoms with Crippen LogP contribution in [0.1, 0.15) is 12.7 Å². The maximum Gasteiger partial charge on any atom is 0.410 e. The van der Waals surface area contributed by atoms with E-state index in [0.717, 1.165) is 18.8 Å². The molecule has 1 aromatic rings. The molecule has 7 nitrogen and oxygen atoms in total. The van der Waals surface area contributed by atoms with Crippen LogP contribution in [-0.2, 0) is 16.1 Å². The summed E-state index contributed by atoms with van der Waals surface area (Å²) in [6, 6.07) is 3.62. The molecule has 2 amide bonds. The highest BCUT2D eigenvalue weighted by Gasteiger charge is 2.25. The lowest BCUT2D eigenvalue weighted by Gasteiger charge is -2.31. The minimum atomic E-state index is -0.265. The Morgan fingerprint density at radius 3 is 2.81 bits per heavy atom. The Morgan fingerprint density at radius 1 is 1.43 bits per heavy atom. The number of carbonyl (C=O) groups is 2. The number of hydrogen-bond donors (Lipinski definition) is 2. The smallest absolute Gasteiger partial charge is 0.410 e. The highest BCUT2D eigenvalue weighted by molar-refractivity contribution is 5.76. The van der Waals surface area contributed by atoms with Gasteiger partial charge in [0.1, 0.15) is 5.76 Å². The summed E-state index contributed by atoms with van der Waals surface area (Å²) in [5.74, 6) is 0.733. The lowest BCUT2D eigenvalue weighted by atomic mass is 10.3. The monoisotopic (exact) mass is 296 g/mol. The van der Waals surface area contributed by atoms with Gasteiger partial charge in [-0.25, -0.2) is 4.79 Å². The van der Waals surface area contributed by atoms with Crippen LogP contribution in [0.4, 0.5) is 4.79 Å². The first-order valence-corrected chi connectivity index (χ1v) is 7.23. The molecule has 0 spiro atoms. The Balaban J connectivity index is 1.66. The molecule has 2 N–H and O–H groups in total. The second-order valence-corrected chi connectivity index (χ2v) is 4.97. The highest BCUT2D eigenvalue weighted by atomic mass is 16.6. The minimum absolute atomic E-state index is 0.00835. The third-order valence-corrected chi connectivity index (χ3v) is 3.45. The molecule has 0 unspecified atom stereocenters. The molecule has 0 aromatic carbocycles. The van der Waals surface area contributed by atoms with Crippen molar-refractivity contribution >= 4 is 12.0 Å². The van der Waals surface area contributed by atoms with E-state index in [1.165, 1.54) is 4.90 Å². The molecule has 0 saturated carbocycles. The number of ether oxygens (including phenoxy) is 1. The van der Waals surface area contributed by atoms with Gasteiger partial charge in [0, 0.05) is 0 Å². The van der Waals surface area contributed by atoms with E-state index in [1.54, 1.807) is 24.2 Å². The molecule has 21 heavy (non-hydrogen) atoms. The Hall–Kier alpha value is -2.02. The van der Waals surface area contributed by atoms with Gasteiger partial charge in [-0.1, -0.05) is 0 Å². The van der Waals surface area contributed by atoms with Crippen molar-refractivity contribution in [2.75, 3.05) is 39.3 Å². The lowest BCUT2D eigenvalue weighted by Crippen LogP contribution is -3.15. The normalized spacial score (nSPS) is 15.8. The summed E-state index contributed by atoms with van der Waals surface area (Å²) in [4.78, 5) is 26.3. The molecule has 116 valence electrons. The van der Waals surface area contributed by atoms with E-state index in [9.17, 15) is 9.59 Å². The minimum Gasteiger partial charge on any atom is -0.467 e. The molecule has 1 aromatic heterocycles. The Bertz CT molecular complexity index is 453. The number of hydrogen-bond acceptors (Lipinski definition) is 4. The summed E-state index contributed by atoms with van der Waals surface area (Å²) in [5, 5.41) is 2.83. The van der Waals surface area contributed by atoms with Crippen molar-refractivity contribution in [2.45, 2.75) is 13.5 Å². The maximum atomic E-state index is 11.8. The molecule has 0 bridgehead atoms. The molecular weight excluding hydrogens is 274 g/mol. The van der Waals surface area contributed by atoms with Crippen molar-refractivity contribution in [2.24, 2.45) is 0 Å². The number of rotatable bonds is 5. The van der Waals surface area contributed by atoms with E-state index in [-0.39, 0.29) is 12.0 Å². The van der Waals surface area contributed by atoms with Crippen LogP contribution in [0.15, 0.2) is 22.8 Å². The van der Waals surface area contributed by atoms with Crippen LogP contribution < -0.4 is 10.2 Å². The van der Waals surface area contributed by atoms with E-state index in [2.05, 4.69) is 5.32 Å². The fraction of sp³-hybridized carbons (Fsp3) is 0.571. The number of nitrogens with one attached hydrogen (secondary N) is 2. The molecule has 0 atom stereocenters. The molecule has 1 saturated heterocycles. The number of furan rings is 1. The van der Waals surface area contributed by atoms with E-state index < -0.39 is 0 Å². The second-order valence-electron chi connectivity index (χ2n) is 4.97. The quantitative estimate of drug-likeness (QED) is 0.750. The van der Waals surface area contributed by atoms with Gasteiger partial charge >= 0.3 is 6.09 Å². The topological polar surface area (TPSA) is 76.2 Å². The average molecular weight is 296 g/mol. The van der Waals surface area contributed by atoms with E-state index in [0.29, 0.717) is 32.8 Å². The second kappa shape index (κ2) is 7.68. The SMILES string of the molecule is CCOC(=O)N1CC[NH+](CC(=O)NCc2ccco2)CC1. The van der Waals surface area contributed by atoms with Crippen molar-refractivity contribution in [3.8, 4) is 0 Å². The summed E-state index contributed by atoms with van der Waals surface area (Å²) in [6.45, 7) is 5.77. The molecule has 1 fully saturated rings. The van der Waals surface area contributed by atoms with Crippen molar-refractivity contribution in [3.63, 3.8) is 0 Å². The molecule has 0 aliphatic carbocycles. The molecule has 2 rings (SSSR count). The molecule has 2 heterocycles. The van der Waals surface area contributed by atoms with Crippen molar-refractivity contribution in [1.82, 2.24) is 10.2 Å². The van der Waals surface area contributed by atoms with Gasteiger partial charge in [0.15, 0.2) is 6.54 Å². The maximum absolute atomic E-state index is 11.8. The summed E-state index contributed by atoms with van der Waals surface area (Å²) in [5.41, 5.74) is 0. The van der Waals surface area contributed by atoms with E-state index >= 15 is 0 Å². The zero-order chi connectivity index (χ0) is 15.1. The molecule has 1 aliphatic heterocycles. The van der Waals surface area contributed by atoms with Gasteiger partial charge in [0.2, 0.25) is 0 Å². The van der Waals surface area contributed by atoms with Crippen LogP contribution in [0.25, 0.3) is 0 Å². The largest absolute Gasteiger partial charge is 0.467 e. The van der Waals surface area contributed by atoms with Gasteiger partial charge in [0.05, 0.1) is 45.6 Å². The van der Waals surface area contributed by atoms with Gasteiger partial charge in [-0.15, -0.1) is 0 Å². The van der Waals surface area contributed by atoms with Gasteiger partial charge in [-0.2, -0.15) is 0 Å². The summed E-state index contributed by atoms with van der Waals surface area (Å²) < 4.78 is 10.1. The Morgan fingerprint density at radius 2 is 2.19 bits per heavy atom. The molecule has 1 aliphatic rings. The highest BCUT2D eigenvalue weighted by Crippen LogP contribution is 1.98. The number of piperazine rings is 1. The summed E-state index contributed by atoms with van der Waals surface area (Å²) in [6.07, 6.45) is 1.32. The van der Waals surface area contributed by atoms with Gasteiger partial charge in [-0.3, -0.25) is 9.69 Å². The average Bonchev–Trinajstić information content (AvgIpc) is 2.99. The van der Waals surface area contributed by atoms with Crippen LogP contribution in [0.5, 0.6) is 0 Å². The van der Waals surface area contributed by atoms with Gasteiger partial charge in [-0.05, 0) is 19.1 Å². The molecule has 7 heteroatoms. The number of nitrogens with zero attached hydrogens (tertiary/aromatic N) is 1. The molecule has 0 radical (unpaired) electrons. The van der Waals surface area contributed by atoms with Crippen LogP contribution in [0.3, 0.4) is 0 Å². The predicted molar refractivity (Wildman–Crippen MR) is 74.7 cm³/mol. The fourth-order valence-corrected chi connectivity index (χ4v) is 2.29. The summed E-state index contributed by atoms with van der Waals surface area (Å²) >= 11 is 0. The molecular formula is C14H22N3O4+. The summed E-state index contributed by atoms with van der Waals surface area (Å²) in [7, 11) is 0. The first-order valence-electron chi connectivity index (χ1n) is 7.23. The van der Waals surface area contributed by atoms with Crippen LogP contribution >= 0.6 is 0 Å². The number of carbonyl (C=O) groups excluding carboxylic acids is 2. The van der Waals surface area contributed by atoms with Crippen molar-refractivity contribution in [1.29, 1.82) is 0 Å². The Kier molecular flexibility index (Phi) is 5.62. The van der Waals surface area contributed by atoms with Gasteiger partial charge in [0.25, 0.3) is 5.91 Å². The van der Waals surface area contributed by atoms with E-state index in [4.69, 9.17) is 9.15 Å². The van der Waals surface area contributed by atoms with E-state index in [1.807, 2.05) is 6.07 Å². The Labute approximate surface area is 123 Å². The third kappa shape index (κ3) is 4.78.